The van der Waals surface area contributed by atoms with Gasteiger partial charge in [-0.15, -0.1) is 0 Å². The first-order valence-corrected chi connectivity index (χ1v) is 11.4. The fraction of sp³-hybridized carbons (Fsp3) is 0.700. The van der Waals surface area contributed by atoms with Crippen molar-refractivity contribution >= 4 is 22.4 Å². The van der Waals surface area contributed by atoms with Gasteiger partial charge in [-0.25, -0.2) is 8.42 Å². The lowest BCUT2D eigenvalue weighted by Crippen LogP contribution is -2.46. The summed E-state index contributed by atoms with van der Waals surface area (Å²) in [5.74, 6) is 0. The zero-order valence-corrected chi connectivity index (χ0v) is 17.4. The van der Waals surface area contributed by atoms with Gasteiger partial charge in [0.05, 0.1) is 27.3 Å². The zero-order chi connectivity index (χ0) is 19.7. The first kappa shape index (κ1) is 19.4. The zero-order valence-electron chi connectivity index (χ0n) is 16.6. The Morgan fingerprint density at radius 2 is 1.48 bits per heavy atom. The maximum atomic E-state index is 12.3. The van der Waals surface area contributed by atoms with E-state index in [1.807, 2.05) is 52.0 Å². The summed E-state index contributed by atoms with van der Waals surface area (Å²) in [5.41, 5.74) is 0.284. The van der Waals surface area contributed by atoms with Crippen molar-refractivity contribution in [3.8, 4) is 0 Å². The molecule has 2 bridgehead atoms. The number of rotatable bonds is 3. The van der Waals surface area contributed by atoms with Gasteiger partial charge in [-0.1, -0.05) is 24.3 Å². The van der Waals surface area contributed by atoms with E-state index in [0.717, 1.165) is 11.0 Å². The number of fused-ring (bicyclic) bond motifs is 2. The van der Waals surface area contributed by atoms with Gasteiger partial charge in [0.1, 0.15) is 0 Å². The van der Waals surface area contributed by atoms with E-state index in [-0.39, 0.29) is 21.7 Å². The van der Waals surface area contributed by atoms with Crippen LogP contribution in [0.3, 0.4) is 0 Å². The monoisotopic (exact) mass is 392 g/mol. The minimum atomic E-state index is -3.03. The van der Waals surface area contributed by atoms with Crippen LogP contribution in [0.5, 0.6) is 0 Å². The van der Waals surface area contributed by atoms with Crippen molar-refractivity contribution in [3.63, 3.8) is 0 Å². The summed E-state index contributed by atoms with van der Waals surface area (Å²) in [6, 6.07) is 7.94. The maximum Gasteiger partial charge on any atom is 0.494 e. The molecule has 2 atom stereocenters. The Labute approximate surface area is 162 Å². The van der Waals surface area contributed by atoms with Crippen molar-refractivity contribution in [2.75, 3.05) is 0 Å². The third-order valence-corrected chi connectivity index (χ3v) is 9.66. The summed E-state index contributed by atoms with van der Waals surface area (Å²) >= 11 is 0. The molecule has 1 N–H and O–H groups in total. The molecule has 0 aliphatic carbocycles. The van der Waals surface area contributed by atoms with Crippen LogP contribution in [-0.2, 0) is 25.6 Å². The van der Waals surface area contributed by atoms with Gasteiger partial charge in [0.25, 0.3) is 0 Å². The van der Waals surface area contributed by atoms with Gasteiger partial charge >= 0.3 is 7.12 Å². The molecule has 1 aromatic rings. The minimum absolute atomic E-state index is 0.352. The van der Waals surface area contributed by atoms with Crippen LogP contribution >= 0.6 is 0 Å². The highest BCUT2D eigenvalue weighted by atomic mass is 32.2. The fourth-order valence-electron chi connectivity index (χ4n) is 4.64. The van der Waals surface area contributed by atoms with Crippen LogP contribution in [0.4, 0.5) is 0 Å². The van der Waals surface area contributed by atoms with Crippen LogP contribution < -0.4 is 5.46 Å². The summed E-state index contributed by atoms with van der Waals surface area (Å²) in [7, 11) is -3.43. The van der Waals surface area contributed by atoms with Crippen molar-refractivity contribution in [2.45, 2.75) is 87.1 Å². The SMILES string of the molecule is CC1(C)OB(c2ccc(CC3(O)CC4CCC(C3)S4(=O)=O)cc2)OC1(C)C. The van der Waals surface area contributed by atoms with Crippen LogP contribution in [0.2, 0.25) is 0 Å². The number of hydrogen-bond donors (Lipinski definition) is 1. The highest BCUT2D eigenvalue weighted by molar-refractivity contribution is 7.93. The average molecular weight is 392 g/mol. The Hall–Kier alpha value is -0.885. The Morgan fingerprint density at radius 3 is 1.96 bits per heavy atom. The summed E-state index contributed by atoms with van der Waals surface area (Å²) in [6.45, 7) is 8.12. The summed E-state index contributed by atoms with van der Waals surface area (Å²) < 4.78 is 36.7. The van der Waals surface area contributed by atoms with Crippen LogP contribution in [0.25, 0.3) is 0 Å². The smallest absolute Gasteiger partial charge is 0.399 e. The molecule has 3 aliphatic heterocycles. The van der Waals surface area contributed by atoms with Crippen LogP contribution in [-0.4, -0.2) is 47.9 Å². The maximum absolute atomic E-state index is 12.3. The number of sulfone groups is 1. The van der Waals surface area contributed by atoms with Crippen LogP contribution in [0.1, 0.15) is 58.9 Å². The molecule has 1 aromatic carbocycles. The van der Waals surface area contributed by atoms with Gasteiger partial charge in [0.15, 0.2) is 9.84 Å². The van der Waals surface area contributed by atoms with E-state index >= 15 is 0 Å². The lowest BCUT2D eigenvalue weighted by Gasteiger charge is -2.36. The molecule has 0 amide bonds. The first-order valence-electron chi connectivity index (χ1n) is 9.82. The van der Waals surface area contributed by atoms with E-state index in [1.54, 1.807) is 0 Å². The number of aliphatic hydroxyl groups is 1. The van der Waals surface area contributed by atoms with E-state index in [9.17, 15) is 13.5 Å². The molecule has 0 spiro atoms. The third-order valence-electron chi connectivity index (χ3n) is 6.99. The van der Waals surface area contributed by atoms with Crippen molar-refractivity contribution in [2.24, 2.45) is 0 Å². The predicted octanol–water partition coefficient (Wildman–Crippen LogP) is 2.00. The topological polar surface area (TPSA) is 72.8 Å². The molecule has 2 unspecified atom stereocenters. The van der Waals surface area contributed by atoms with E-state index in [4.69, 9.17) is 9.31 Å². The predicted molar refractivity (Wildman–Crippen MR) is 106 cm³/mol. The van der Waals surface area contributed by atoms with Gasteiger partial charge in [-0.2, -0.15) is 0 Å². The minimum Gasteiger partial charge on any atom is -0.399 e. The number of hydrogen-bond acceptors (Lipinski definition) is 5. The summed E-state index contributed by atoms with van der Waals surface area (Å²) in [6.07, 6.45) is 2.57. The molecule has 3 fully saturated rings. The van der Waals surface area contributed by atoms with Gasteiger partial charge in [0, 0.05) is 6.42 Å². The molecular formula is C20H29BO5S. The normalized spacial score (nSPS) is 36.1. The second-order valence-electron chi connectivity index (χ2n) is 9.55. The van der Waals surface area contributed by atoms with Gasteiger partial charge < -0.3 is 14.4 Å². The molecular weight excluding hydrogens is 363 g/mol. The number of benzene rings is 1. The summed E-state index contributed by atoms with van der Waals surface area (Å²) in [5, 5.41) is 10.3. The molecule has 0 saturated carbocycles. The van der Waals surface area contributed by atoms with Crippen LogP contribution in [0.15, 0.2) is 24.3 Å². The molecule has 148 valence electrons. The van der Waals surface area contributed by atoms with E-state index in [0.29, 0.717) is 32.1 Å². The first-order chi connectivity index (χ1) is 12.4. The third kappa shape index (κ3) is 3.26. The van der Waals surface area contributed by atoms with Crippen molar-refractivity contribution in [1.29, 1.82) is 0 Å². The molecule has 5 nitrogen and oxygen atoms in total. The molecule has 3 heterocycles. The standard InChI is InChI=1S/C20H29BO5S/c1-18(2)19(3,4)26-21(25-18)15-7-5-14(6-8-15)11-20(22)12-16-9-10-17(13-20)27(16,23)24/h5-8,16-17,22H,9-13H2,1-4H3. The average Bonchev–Trinajstić information content (AvgIpc) is 2.84. The van der Waals surface area contributed by atoms with Crippen molar-refractivity contribution in [1.82, 2.24) is 0 Å². The molecule has 4 rings (SSSR count). The second kappa shape index (κ2) is 6.05. The van der Waals surface area contributed by atoms with Gasteiger partial charge in [0.2, 0.25) is 0 Å². The molecule has 0 aromatic heterocycles. The Kier molecular flexibility index (Phi) is 4.36. The molecule has 7 heteroatoms. The fourth-order valence-corrected chi connectivity index (χ4v) is 7.19. The lowest BCUT2D eigenvalue weighted by molar-refractivity contribution is 0.00578. The largest absolute Gasteiger partial charge is 0.494 e. The Bertz CT molecular complexity index is 794. The quantitative estimate of drug-likeness (QED) is 0.797. The van der Waals surface area contributed by atoms with E-state index in [1.165, 1.54) is 0 Å². The molecule has 3 aliphatic rings. The van der Waals surface area contributed by atoms with Gasteiger partial charge in [-0.05, 0) is 64.4 Å². The molecule has 27 heavy (non-hydrogen) atoms. The highest BCUT2D eigenvalue weighted by Crippen LogP contribution is 2.44. The van der Waals surface area contributed by atoms with Gasteiger partial charge in [-0.3, -0.25) is 0 Å². The second-order valence-corrected chi connectivity index (χ2v) is 12.1. The van der Waals surface area contributed by atoms with E-state index < -0.39 is 22.6 Å². The van der Waals surface area contributed by atoms with Crippen molar-refractivity contribution < 1.29 is 22.8 Å². The summed E-state index contributed by atoms with van der Waals surface area (Å²) in [4.78, 5) is 0. The van der Waals surface area contributed by atoms with Crippen molar-refractivity contribution in [3.05, 3.63) is 29.8 Å². The molecule has 3 saturated heterocycles. The Morgan fingerprint density at radius 1 is 1.00 bits per heavy atom. The van der Waals surface area contributed by atoms with E-state index in [2.05, 4.69) is 0 Å². The van der Waals surface area contributed by atoms with Crippen LogP contribution in [0, 0.1) is 0 Å². The Balaban J connectivity index is 1.46. The highest BCUT2D eigenvalue weighted by Gasteiger charge is 2.53. The lowest BCUT2D eigenvalue weighted by atomic mass is 9.78. The molecule has 0 radical (unpaired) electrons.